The van der Waals surface area contributed by atoms with Gasteiger partial charge in [-0.05, 0) is 37.2 Å². The van der Waals surface area contributed by atoms with Gasteiger partial charge in [0.1, 0.15) is 13.2 Å². The molecule has 1 aliphatic heterocycles. The van der Waals surface area contributed by atoms with E-state index < -0.39 is 5.97 Å². The topological polar surface area (TPSA) is 67.8 Å². The molecule has 5 heteroatoms. The molecule has 19 heavy (non-hydrogen) atoms. The van der Waals surface area contributed by atoms with Gasteiger partial charge < -0.3 is 19.9 Å². The maximum Gasteiger partial charge on any atom is 0.328 e. The third-order valence-corrected chi connectivity index (χ3v) is 3.01. The smallest absolute Gasteiger partial charge is 0.328 e. The highest BCUT2D eigenvalue weighted by Gasteiger charge is 2.17. The molecule has 0 saturated carbocycles. The Balaban J connectivity index is 2.34. The molecule has 0 bridgehead atoms. The molecule has 1 aliphatic rings. The molecular formula is C14H17NO4. The Morgan fingerprint density at radius 2 is 2.00 bits per heavy atom. The van der Waals surface area contributed by atoms with Gasteiger partial charge in [-0.15, -0.1) is 0 Å². The zero-order valence-electron chi connectivity index (χ0n) is 11.0. The predicted molar refractivity (Wildman–Crippen MR) is 70.7 cm³/mol. The fraction of sp³-hybridized carbons (Fsp3) is 0.357. The molecule has 0 aliphatic carbocycles. The summed E-state index contributed by atoms with van der Waals surface area (Å²) in [5.41, 5.74) is 2.00. The fourth-order valence-corrected chi connectivity index (χ4v) is 2.08. The highest BCUT2D eigenvalue weighted by atomic mass is 16.6. The molecule has 0 radical (unpaired) electrons. The van der Waals surface area contributed by atoms with Crippen molar-refractivity contribution in [2.45, 2.75) is 13.0 Å². The van der Waals surface area contributed by atoms with E-state index >= 15 is 0 Å². The van der Waals surface area contributed by atoms with Gasteiger partial charge in [-0.25, -0.2) is 4.79 Å². The SMILES string of the molecule is CNC(/C=C/C(=O)O)c1cc2c(cc1C)OCCO2. The number of benzene rings is 1. The number of nitrogens with one attached hydrogen (secondary N) is 1. The van der Waals surface area contributed by atoms with E-state index in [1.54, 1.807) is 13.1 Å². The number of hydrogen-bond acceptors (Lipinski definition) is 4. The first-order valence-electron chi connectivity index (χ1n) is 6.10. The Morgan fingerprint density at radius 3 is 2.58 bits per heavy atom. The van der Waals surface area contributed by atoms with Crippen LogP contribution < -0.4 is 14.8 Å². The van der Waals surface area contributed by atoms with E-state index in [-0.39, 0.29) is 6.04 Å². The summed E-state index contributed by atoms with van der Waals surface area (Å²) in [4.78, 5) is 10.6. The minimum Gasteiger partial charge on any atom is -0.486 e. The van der Waals surface area contributed by atoms with E-state index in [0.29, 0.717) is 19.0 Å². The van der Waals surface area contributed by atoms with Crippen LogP contribution in [0, 0.1) is 6.92 Å². The zero-order chi connectivity index (χ0) is 13.8. The Kier molecular flexibility index (Phi) is 4.06. The number of ether oxygens (including phenoxy) is 2. The fourth-order valence-electron chi connectivity index (χ4n) is 2.08. The average molecular weight is 263 g/mol. The first-order valence-corrected chi connectivity index (χ1v) is 6.10. The molecule has 0 aromatic heterocycles. The van der Waals surface area contributed by atoms with E-state index in [2.05, 4.69) is 5.32 Å². The van der Waals surface area contributed by atoms with E-state index in [1.165, 1.54) is 0 Å². The summed E-state index contributed by atoms with van der Waals surface area (Å²) in [6.07, 6.45) is 2.75. The second-order valence-electron chi connectivity index (χ2n) is 4.32. The predicted octanol–water partition coefficient (Wildman–Crippen LogP) is 1.67. The van der Waals surface area contributed by atoms with Crippen molar-refractivity contribution in [3.05, 3.63) is 35.4 Å². The third-order valence-electron chi connectivity index (χ3n) is 3.01. The van der Waals surface area contributed by atoms with E-state index in [0.717, 1.165) is 23.0 Å². The number of hydrogen-bond donors (Lipinski definition) is 2. The summed E-state index contributed by atoms with van der Waals surface area (Å²) in [6, 6.07) is 3.65. The van der Waals surface area contributed by atoms with Gasteiger partial charge in [-0.1, -0.05) is 6.08 Å². The molecule has 5 nitrogen and oxygen atoms in total. The second kappa shape index (κ2) is 5.75. The average Bonchev–Trinajstić information content (AvgIpc) is 2.39. The van der Waals surface area contributed by atoms with Gasteiger partial charge in [0.15, 0.2) is 11.5 Å². The van der Waals surface area contributed by atoms with Gasteiger partial charge in [0, 0.05) is 6.08 Å². The van der Waals surface area contributed by atoms with Gasteiger partial charge in [-0.2, -0.15) is 0 Å². The largest absolute Gasteiger partial charge is 0.486 e. The summed E-state index contributed by atoms with van der Waals surface area (Å²) in [5, 5.41) is 11.8. The van der Waals surface area contributed by atoms with Crippen LogP contribution in [0.5, 0.6) is 11.5 Å². The Labute approximate surface area is 111 Å². The molecule has 2 N–H and O–H groups in total. The van der Waals surface area contributed by atoms with Crippen LogP contribution in [-0.4, -0.2) is 31.3 Å². The van der Waals surface area contributed by atoms with Gasteiger partial charge in [-0.3, -0.25) is 0 Å². The van der Waals surface area contributed by atoms with Gasteiger partial charge in [0.2, 0.25) is 0 Å². The number of rotatable bonds is 4. The third kappa shape index (κ3) is 3.06. The number of fused-ring (bicyclic) bond motifs is 1. The zero-order valence-corrected chi connectivity index (χ0v) is 11.0. The monoisotopic (exact) mass is 263 g/mol. The van der Waals surface area contributed by atoms with Crippen molar-refractivity contribution in [3.63, 3.8) is 0 Å². The molecule has 2 rings (SSSR count). The van der Waals surface area contributed by atoms with Crippen LogP contribution in [0.15, 0.2) is 24.3 Å². The quantitative estimate of drug-likeness (QED) is 0.809. The lowest BCUT2D eigenvalue weighted by Gasteiger charge is -2.22. The van der Waals surface area contributed by atoms with E-state index in [4.69, 9.17) is 14.6 Å². The van der Waals surface area contributed by atoms with Gasteiger partial charge >= 0.3 is 5.97 Å². The summed E-state index contributed by atoms with van der Waals surface area (Å²) in [5.74, 6) is 0.482. The molecule has 102 valence electrons. The van der Waals surface area contributed by atoms with Crippen LogP contribution in [0.25, 0.3) is 0 Å². The number of aryl methyl sites for hydroxylation is 1. The van der Waals surface area contributed by atoms with E-state index in [1.807, 2.05) is 19.1 Å². The first kappa shape index (κ1) is 13.4. The lowest BCUT2D eigenvalue weighted by molar-refractivity contribution is -0.131. The Hall–Kier alpha value is -2.01. The minimum absolute atomic E-state index is 0.174. The molecule has 1 aromatic rings. The van der Waals surface area contributed by atoms with Crippen molar-refractivity contribution in [1.29, 1.82) is 0 Å². The highest BCUT2D eigenvalue weighted by Crippen LogP contribution is 2.35. The van der Waals surface area contributed by atoms with Crippen LogP contribution in [0.1, 0.15) is 17.2 Å². The number of carboxylic acid groups (broad SMARTS) is 1. The highest BCUT2D eigenvalue weighted by molar-refractivity contribution is 5.79. The first-order chi connectivity index (χ1) is 9.11. The number of aliphatic carboxylic acids is 1. The summed E-state index contributed by atoms with van der Waals surface area (Å²) >= 11 is 0. The van der Waals surface area contributed by atoms with Crippen LogP contribution >= 0.6 is 0 Å². The van der Waals surface area contributed by atoms with Gasteiger partial charge in [0.25, 0.3) is 0 Å². The van der Waals surface area contributed by atoms with Crippen molar-refractivity contribution in [2.24, 2.45) is 0 Å². The summed E-state index contributed by atoms with van der Waals surface area (Å²) < 4.78 is 11.1. The lowest BCUT2D eigenvalue weighted by Crippen LogP contribution is -2.19. The molecule has 1 heterocycles. The number of likely N-dealkylation sites (N-methyl/N-ethyl adjacent to an activating group) is 1. The van der Waals surface area contributed by atoms with Crippen molar-refractivity contribution in [3.8, 4) is 11.5 Å². The van der Waals surface area contributed by atoms with Crippen LogP contribution in [0.2, 0.25) is 0 Å². The molecule has 0 fully saturated rings. The molecular weight excluding hydrogens is 246 g/mol. The van der Waals surface area contributed by atoms with Crippen LogP contribution in [0.3, 0.4) is 0 Å². The number of carboxylic acids is 1. The normalized spacial score (nSPS) is 15.5. The molecule has 1 atom stereocenters. The van der Waals surface area contributed by atoms with Crippen molar-refractivity contribution in [1.82, 2.24) is 5.32 Å². The van der Waals surface area contributed by atoms with E-state index in [9.17, 15) is 4.79 Å². The number of carbonyl (C=O) groups is 1. The maximum atomic E-state index is 10.6. The van der Waals surface area contributed by atoms with Gasteiger partial charge in [0.05, 0.1) is 6.04 Å². The maximum absolute atomic E-state index is 10.6. The van der Waals surface area contributed by atoms with Crippen LogP contribution in [0.4, 0.5) is 0 Å². The second-order valence-corrected chi connectivity index (χ2v) is 4.32. The molecule has 0 spiro atoms. The molecule has 0 amide bonds. The standard InChI is InChI=1S/C14H17NO4/c1-9-7-12-13(19-6-5-18-12)8-10(9)11(15-2)3-4-14(16)17/h3-4,7-8,11,15H,5-6H2,1-2H3,(H,16,17)/b4-3+. The molecule has 1 unspecified atom stereocenters. The Bertz CT molecular complexity index is 510. The molecule has 1 aromatic carbocycles. The van der Waals surface area contributed by atoms with Crippen LogP contribution in [-0.2, 0) is 4.79 Å². The molecule has 0 saturated heterocycles. The van der Waals surface area contributed by atoms with Crippen molar-refractivity contribution >= 4 is 5.97 Å². The summed E-state index contributed by atoms with van der Waals surface area (Å²) in [7, 11) is 1.78. The summed E-state index contributed by atoms with van der Waals surface area (Å²) in [6.45, 7) is 3.05. The lowest BCUT2D eigenvalue weighted by atomic mass is 9.99. The Morgan fingerprint density at radius 1 is 1.37 bits per heavy atom. The van der Waals surface area contributed by atoms with Crippen molar-refractivity contribution in [2.75, 3.05) is 20.3 Å². The minimum atomic E-state index is -0.963. The van der Waals surface area contributed by atoms with Crippen molar-refractivity contribution < 1.29 is 19.4 Å².